The zero-order valence-corrected chi connectivity index (χ0v) is 8.87. The summed E-state index contributed by atoms with van der Waals surface area (Å²) in [6, 6.07) is 7.79. The van der Waals surface area contributed by atoms with Crippen LogP contribution in [-0.2, 0) is 4.79 Å². The molecule has 1 atom stereocenters. The largest absolute Gasteiger partial charge is 0.481 e. The number of aliphatic carboxylic acids is 1. The summed E-state index contributed by atoms with van der Waals surface area (Å²) in [6.45, 7) is 0. The summed E-state index contributed by atoms with van der Waals surface area (Å²) in [5.41, 5.74) is 0.116. The van der Waals surface area contributed by atoms with Crippen molar-refractivity contribution in [2.24, 2.45) is 0 Å². The number of rotatable bonds is 5. The third-order valence-electron chi connectivity index (χ3n) is 2.31. The van der Waals surface area contributed by atoms with Crippen molar-refractivity contribution in [3.63, 3.8) is 0 Å². The molecule has 1 rings (SSSR count). The van der Waals surface area contributed by atoms with E-state index in [4.69, 9.17) is 10.4 Å². The first kappa shape index (κ1) is 12.6. The van der Waals surface area contributed by atoms with Gasteiger partial charge in [-0.1, -0.05) is 18.2 Å². The molecule has 1 N–H and O–H groups in total. The molecule has 0 aliphatic heterocycles. The molecule has 0 aromatic heterocycles. The number of carboxylic acids is 1. The normalized spacial score (nSPS) is 11.5. The van der Waals surface area contributed by atoms with Crippen LogP contribution in [0.5, 0.6) is 0 Å². The molecule has 1 unspecified atom stereocenters. The third-order valence-corrected chi connectivity index (χ3v) is 2.31. The highest BCUT2D eigenvalue weighted by molar-refractivity contribution is 5.67. The Labute approximate surface area is 97.3 Å². The van der Waals surface area contributed by atoms with Crippen LogP contribution in [0, 0.1) is 21.4 Å². The molecule has 0 aliphatic carbocycles. The van der Waals surface area contributed by atoms with E-state index in [1.54, 1.807) is 6.07 Å². The van der Waals surface area contributed by atoms with Crippen LogP contribution in [0.1, 0.15) is 24.3 Å². The molecule has 0 saturated heterocycles. The molecular weight excluding hydrogens is 224 g/mol. The fourth-order valence-corrected chi connectivity index (χ4v) is 1.51. The summed E-state index contributed by atoms with van der Waals surface area (Å²) in [6.07, 6.45) is -0.124. The van der Waals surface area contributed by atoms with Crippen LogP contribution in [0.15, 0.2) is 24.3 Å². The van der Waals surface area contributed by atoms with Gasteiger partial charge in [0.05, 0.1) is 16.9 Å². The fraction of sp³-hybridized carbons (Fsp3) is 0.273. The third kappa shape index (κ3) is 3.28. The minimum Gasteiger partial charge on any atom is -0.481 e. The van der Waals surface area contributed by atoms with Crippen LogP contribution in [0.25, 0.3) is 0 Å². The SMILES string of the molecule is N#CC(CCC(=O)O)c1ccccc1[N+](=O)[O-]. The highest BCUT2D eigenvalue weighted by atomic mass is 16.6. The van der Waals surface area contributed by atoms with Crippen molar-refractivity contribution in [1.29, 1.82) is 5.26 Å². The summed E-state index contributed by atoms with van der Waals surface area (Å²) < 4.78 is 0. The van der Waals surface area contributed by atoms with Gasteiger partial charge in [0.2, 0.25) is 0 Å². The Morgan fingerprint density at radius 2 is 2.18 bits per heavy atom. The second-order valence-corrected chi connectivity index (χ2v) is 3.43. The Morgan fingerprint density at radius 3 is 2.71 bits per heavy atom. The molecule has 88 valence electrons. The number of para-hydroxylation sites is 1. The van der Waals surface area contributed by atoms with Crippen LogP contribution in [-0.4, -0.2) is 16.0 Å². The number of nitro groups is 1. The first-order chi connectivity index (χ1) is 8.06. The molecule has 0 aliphatic rings. The number of carbonyl (C=O) groups is 1. The van der Waals surface area contributed by atoms with Gasteiger partial charge >= 0.3 is 5.97 Å². The lowest BCUT2D eigenvalue weighted by Gasteiger charge is -2.07. The van der Waals surface area contributed by atoms with Gasteiger partial charge in [-0.15, -0.1) is 0 Å². The quantitative estimate of drug-likeness (QED) is 0.620. The molecule has 1 aromatic rings. The van der Waals surface area contributed by atoms with Crippen molar-refractivity contribution >= 4 is 11.7 Å². The summed E-state index contributed by atoms with van der Waals surface area (Å²) in [7, 11) is 0. The Balaban J connectivity index is 3.00. The molecule has 0 spiro atoms. The van der Waals surface area contributed by atoms with Gasteiger partial charge in [0.1, 0.15) is 0 Å². The van der Waals surface area contributed by atoms with E-state index in [2.05, 4.69) is 0 Å². The number of hydrogen-bond acceptors (Lipinski definition) is 4. The Morgan fingerprint density at radius 1 is 1.53 bits per heavy atom. The Hall–Kier alpha value is -2.42. The zero-order valence-electron chi connectivity index (χ0n) is 8.87. The number of nitro benzene ring substituents is 1. The molecule has 17 heavy (non-hydrogen) atoms. The Kier molecular flexibility index (Phi) is 4.17. The maximum atomic E-state index is 10.8. The van der Waals surface area contributed by atoms with Gasteiger partial charge in [-0.25, -0.2) is 0 Å². The van der Waals surface area contributed by atoms with Crippen molar-refractivity contribution < 1.29 is 14.8 Å². The molecule has 0 bridgehead atoms. The molecule has 6 nitrogen and oxygen atoms in total. The fourth-order valence-electron chi connectivity index (χ4n) is 1.51. The van der Waals surface area contributed by atoms with Crippen LogP contribution in [0.2, 0.25) is 0 Å². The predicted octanol–water partition coefficient (Wildman–Crippen LogP) is 2.07. The highest BCUT2D eigenvalue weighted by Crippen LogP contribution is 2.28. The number of hydrogen-bond donors (Lipinski definition) is 1. The summed E-state index contributed by atoms with van der Waals surface area (Å²) in [4.78, 5) is 20.6. The van der Waals surface area contributed by atoms with Crippen molar-refractivity contribution in [2.45, 2.75) is 18.8 Å². The van der Waals surface area contributed by atoms with Crippen LogP contribution in [0.3, 0.4) is 0 Å². The standard InChI is InChI=1S/C11H10N2O4/c12-7-8(5-6-11(14)15)9-3-1-2-4-10(9)13(16)17/h1-4,8H,5-6H2,(H,14,15). The molecule has 1 aromatic carbocycles. The average Bonchev–Trinajstić information content (AvgIpc) is 2.30. The smallest absolute Gasteiger partial charge is 0.303 e. The van der Waals surface area contributed by atoms with E-state index in [1.165, 1.54) is 18.2 Å². The lowest BCUT2D eigenvalue weighted by Crippen LogP contribution is -2.04. The molecule has 0 saturated carbocycles. The van der Waals surface area contributed by atoms with Gasteiger partial charge in [0.15, 0.2) is 0 Å². The van der Waals surface area contributed by atoms with Crippen molar-refractivity contribution in [1.82, 2.24) is 0 Å². The topological polar surface area (TPSA) is 104 Å². The summed E-state index contributed by atoms with van der Waals surface area (Å²) >= 11 is 0. The van der Waals surface area contributed by atoms with Crippen molar-refractivity contribution in [2.75, 3.05) is 0 Å². The van der Waals surface area contributed by atoms with Gasteiger partial charge in [0.25, 0.3) is 5.69 Å². The maximum Gasteiger partial charge on any atom is 0.303 e. The maximum absolute atomic E-state index is 10.8. The van der Waals surface area contributed by atoms with E-state index in [0.29, 0.717) is 0 Å². The minimum atomic E-state index is -1.02. The summed E-state index contributed by atoms with van der Waals surface area (Å²) in [5, 5.41) is 28.2. The lowest BCUT2D eigenvalue weighted by molar-refractivity contribution is -0.385. The zero-order chi connectivity index (χ0) is 12.8. The van der Waals surface area contributed by atoms with Gasteiger partial charge < -0.3 is 5.11 Å². The number of carboxylic acid groups (broad SMARTS) is 1. The van der Waals surface area contributed by atoms with Crippen LogP contribution in [0.4, 0.5) is 5.69 Å². The second kappa shape index (κ2) is 5.61. The minimum absolute atomic E-state index is 0.0662. The molecule has 0 amide bonds. The van der Waals surface area contributed by atoms with E-state index < -0.39 is 16.8 Å². The van der Waals surface area contributed by atoms with E-state index in [9.17, 15) is 14.9 Å². The number of nitriles is 1. The van der Waals surface area contributed by atoms with Crippen LogP contribution >= 0.6 is 0 Å². The molecule has 0 heterocycles. The molecule has 0 radical (unpaired) electrons. The highest BCUT2D eigenvalue weighted by Gasteiger charge is 2.21. The van der Waals surface area contributed by atoms with Gasteiger partial charge in [-0.3, -0.25) is 14.9 Å². The first-order valence-corrected chi connectivity index (χ1v) is 4.91. The first-order valence-electron chi connectivity index (χ1n) is 4.91. The van der Waals surface area contributed by atoms with E-state index in [-0.39, 0.29) is 24.1 Å². The van der Waals surface area contributed by atoms with Gasteiger partial charge in [-0.2, -0.15) is 5.26 Å². The molecule has 6 heteroatoms. The van der Waals surface area contributed by atoms with E-state index in [1.807, 2.05) is 6.07 Å². The second-order valence-electron chi connectivity index (χ2n) is 3.43. The van der Waals surface area contributed by atoms with E-state index in [0.717, 1.165) is 0 Å². The van der Waals surface area contributed by atoms with Crippen molar-refractivity contribution in [3.8, 4) is 6.07 Å². The van der Waals surface area contributed by atoms with Crippen molar-refractivity contribution in [3.05, 3.63) is 39.9 Å². The number of benzene rings is 1. The van der Waals surface area contributed by atoms with Gasteiger partial charge in [-0.05, 0) is 6.42 Å². The summed E-state index contributed by atoms with van der Waals surface area (Å²) in [5.74, 6) is -1.79. The van der Waals surface area contributed by atoms with E-state index >= 15 is 0 Å². The predicted molar refractivity (Wildman–Crippen MR) is 58.3 cm³/mol. The molecular formula is C11H10N2O4. The van der Waals surface area contributed by atoms with Gasteiger partial charge in [0, 0.05) is 18.1 Å². The molecule has 0 fully saturated rings. The van der Waals surface area contributed by atoms with Crippen LogP contribution < -0.4 is 0 Å². The monoisotopic (exact) mass is 234 g/mol. The number of nitrogens with zero attached hydrogens (tertiary/aromatic N) is 2. The Bertz CT molecular complexity index is 479. The average molecular weight is 234 g/mol. The lowest BCUT2D eigenvalue weighted by atomic mass is 9.94.